The second-order valence-electron chi connectivity index (χ2n) is 5.51. The summed E-state index contributed by atoms with van der Waals surface area (Å²) in [5.41, 5.74) is 8.01. The van der Waals surface area contributed by atoms with E-state index in [-0.39, 0.29) is 0 Å². The van der Waals surface area contributed by atoms with E-state index in [4.69, 9.17) is 21.8 Å². The van der Waals surface area contributed by atoms with Gasteiger partial charge in [0.15, 0.2) is 0 Å². The van der Waals surface area contributed by atoms with Gasteiger partial charge in [-0.1, -0.05) is 23.7 Å². The number of rotatable bonds is 3. The van der Waals surface area contributed by atoms with Crippen molar-refractivity contribution in [3.63, 3.8) is 0 Å². The molecule has 0 amide bonds. The zero-order valence-electron chi connectivity index (χ0n) is 11.6. The molecule has 1 saturated heterocycles. The number of hydrogen-bond donors (Lipinski definition) is 1. The molecule has 4 heteroatoms. The van der Waals surface area contributed by atoms with Gasteiger partial charge in [0.05, 0.1) is 6.54 Å². The first-order chi connectivity index (χ1) is 9.61. The Bertz CT molecular complexity index is 608. The first kappa shape index (κ1) is 13.7. The summed E-state index contributed by atoms with van der Waals surface area (Å²) in [5, 5.41) is 0.769. The fourth-order valence-corrected chi connectivity index (χ4v) is 2.77. The van der Waals surface area contributed by atoms with E-state index in [1.54, 1.807) is 0 Å². The first-order valence-electron chi connectivity index (χ1n) is 6.95. The van der Waals surface area contributed by atoms with Gasteiger partial charge >= 0.3 is 0 Å². The summed E-state index contributed by atoms with van der Waals surface area (Å²) in [5.74, 6) is 1.84. The van der Waals surface area contributed by atoms with Crippen LogP contribution in [0.5, 0.6) is 0 Å². The number of hydrogen-bond acceptors (Lipinski definition) is 3. The Morgan fingerprint density at radius 1 is 1.35 bits per heavy atom. The Morgan fingerprint density at radius 3 is 2.90 bits per heavy atom. The quantitative estimate of drug-likeness (QED) is 0.941. The summed E-state index contributed by atoms with van der Waals surface area (Å²) in [7, 11) is 0. The highest BCUT2D eigenvalue weighted by Crippen LogP contribution is 2.27. The van der Waals surface area contributed by atoms with Gasteiger partial charge in [0.2, 0.25) is 0 Å². The van der Waals surface area contributed by atoms with E-state index in [2.05, 4.69) is 4.90 Å². The van der Waals surface area contributed by atoms with Gasteiger partial charge < -0.3 is 10.2 Å². The van der Waals surface area contributed by atoms with Gasteiger partial charge in [-0.3, -0.25) is 4.90 Å². The van der Waals surface area contributed by atoms with Crippen molar-refractivity contribution in [2.45, 2.75) is 25.9 Å². The number of benzene rings is 1. The summed E-state index contributed by atoms with van der Waals surface area (Å²) >= 11 is 6.16. The van der Waals surface area contributed by atoms with Crippen LogP contribution >= 0.6 is 11.6 Å². The average molecular weight is 291 g/mol. The van der Waals surface area contributed by atoms with Gasteiger partial charge in [-0.05, 0) is 37.1 Å². The van der Waals surface area contributed by atoms with Crippen LogP contribution in [0.25, 0.3) is 11.3 Å². The van der Waals surface area contributed by atoms with Gasteiger partial charge in [-0.25, -0.2) is 0 Å². The second-order valence-corrected chi connectivity index (χ2v) is 5.92. The lowest BCUT2D eigenvalue weighted by Gasteiger charge is -2.12. The van der Waals surface area contributed by atoms with E-state index in [9.17, 15) is 0 Å². The van der Waals surface area contributed by atoms with E-state index < -0.39 is 0 Å². The summed E-state index contributed by atoms with van der Waals surface area (Å²) in [6.07, 6.45) is 1.07. The molecular weight excluding hydrogens is 272 g/mol. The van der Waals surface area contributed by atoms with E-state index in [1.807, 2.05) is 37.3 Å². The highest BCUT2D eigenvalue weighted by molar-refractivity contribution is 6.31. The molecule has 0 unspecified atom stereocenters. The van der Waals surface area contributed by atoms with Crippen molar-refractivity contribution in [1.82, 2.24) is 4.90 Å². The number of nitrogens with two attached hydrogens (primary N) is 1. The number of nitrogens with zero attached hydrogens (tertiary/aromatic N) is 1. The number of furan rings is 1. The number of likely N-dealkylation sites (tertiary alicyclic amines) is 1. The van der Waals surface area contributed by atoms with Crippen molar-refractivity contribution in [2.75, 3.05) is 13.1 Å². The van der Waals surface area contributed by atoms with Gasteiger partial charge in [0, 0.05) is 29.7 Å². The standard InChI is InChI=1S/C16H19ClN2O/c1-11-2-3-12(8-15(11)17)16-5-4-14(20-16)10-19-7-6-13(18)9-19/h2-5,8,13H,6-7,9-10,18H2,1H3/t13-/m1/s1. The van der Waals surface area contributed by atoms with Crippen LogP contribution in [0.1, 0.15) is 17.7 Å². The third-order valence-corrected chi connectivity index (χ3v) is 4.21. The first-order valence-corrected chi connectivity index (χ1v) is 7.33. The maximum atomic E-state index is 6.16. The monoisotopic (exact) mass is 290 g/mol. The van der Waals surface area contributed by atoms with Crippen LogP contribution in [-0.2, 0) is 6.54 Å². The summed E-state index contributed by atoms with van der Waals surface area (Å²) in [4.78, 5) is 2.33. The molecule has 2 heterocycles. The minimum atomic E-state index is 0.306. The molecule has 0 saturated carbocycles. The maximum absolute atomic E-state index is 6.16. The fraction of sp³-hybridized carbons (Fsp3) is 0.375. The van der Waals surface area contributed by atoms with Crippen molar-refractivity contribution in [1.29, 1.82) is 0 Å². The second kappa shape index (κ2) is 5.60. The largest absolute Gasteiger partial charge is 0.460 e. The molecule has 0 spiro atoms. The fourth-order valence-electron chi connectivity index (χ4n) is 2.59. The van der Waals surface area contributed by atoms with Gasteiger partial charge in [0.1, 0.15) is 11.5 Å². The van der Waals surface area contributed by atoms with Gasteiger partial charge in [-0.2, -0.15) is 0 Å². The molecule has 0 bridgehead atoms. The van der Waals surface area contributed by atoms with Crippen LogP contribution in [0.3, 0.4) is 0 Å². The van der Waals surface area contributed by atoms with Crippen molar-refractivity contribution in [2.24, 2.45) is 5.73 Å². The molecule has 1 aliphatic rings. The molecule has 1 fully saturated rings. The number of aryl methyl sites for hydroxylation is 1. The molecule has 2 N–H and O–H groups in total. The zero-order valence-corrected chi connectivity index (χ0v) is 12.4. The lowest BCUT2D eigenvalue weighted by Crippen LogP contribution is -2.26. The van der Waals surface area contributed by atoms with E-state index >= 15 is 0 Å². The SMILES string of the molecule is Cc1ccc(-c2ccc(CN3CC[C@@H](N)C3)o2)cc1Cl. The smallest absolute Gasteiger partial charge is 0.134 e. The number of halogens is 1. The topological polar surface area (TPSA) is 42.4 Å². The Morgan fingerprint density at radius 2 is 2.20 bits per heavy atom. The molecule has 2 aromatic rings. The van der Waals surface area contributed by atoms with Gasteiger partial charge in [0.25, 0.3) is 0 Å². The van der Waals surface area contributed by atoms with E-state index in [0.717, 1.165) is 53.7 Å². The molecule has 1 aliphatic heterocycles. The molecule has 1 aromatic heterocycles. The van der Waals surface area contributed by atoms with Crippen LogP contribution in [-0.4, -0.2) is 24.0 Å². The average Bonchev–Trinajstić information content (AvgIpc) is 3.03. The molecule has 106 valence electrons. The molecule has 3 rings (SSSR count). The Hall–Kier alpha value is -1.29. The summed E-state index contributed by atoms with van der Waals surface area (Å²) in [6.45, 7) is 4.82. The van der Waals surface area contributed by atoms with Crippen molar-refractivity contribution < 1.29 is 4.42 Å². The highest BCUT2D eigenvalue weighted by atomic mass is 35.5. The van der Waals surface area contributed by atoms with Gasteiger partial charge in [-0.15, -0.1) is 0 Å². The normalized spacial score (nSPS) is 19.6. The Balaban J connectivity index is 1.74. The Kier molecular flexibility index (Phi) is 3.83. The van der Waals surface area contributed by atoms with Crippen LogP contribution in [0.15, 0.2) is 34.7 Å². The van der Waals surface area contributed by atoms with Crippen molar-refractivity contribution in [3.05, 3.63) is 46.7 Å². The lowest BCUT2D eigenvalue weighted by atomic mass is 10.1. The van der Waals surface area contributed by atoms with E-state index in [0.29, 0.717) is 6.04 Å². The third-order valence-electron chi connectivity index (χ3n) is 3.81. The maximum Gasteiger partial charge on any atom is 0.134 e. The van der Waals surface area contributed by atoms with Crippen LogP contribution < -0.4 is 5.73 Å². The minimum Gasteiger partial charge on any atom is -0.460 e. The van der Waals surface area contributed by atoms with Crippen LogP contribution in [0, 0.1) is 6.92 Å². The Labute approximate surface area is 124 Å². The van der Waals surface area contributed by atoms with Crippen LogP contribution in [0.4, 0.5) is 0 Å². The van der Waals surface area contributed by atoms with E-state index in [1.165, 1.54) is 0 Å². The predicted octanol–water partition coefficient (Wildman–Crippen LogP) is 3.44. The zero-order chi connectivity index (χ0) is 14.1. The summed E-state index contributed by atoms with van der Waals surface area (Å²) in [6, 6.07) is 10.3. The van der Waals surface area contributed by atoms with Crippen LogP contribution in [0.2, 0.25) is 5.02 Å². The molecule has 20 heavy (non-hydrogen) atoms. The lowest BCUT2D eigenvalue weighted by molar-refractivity contribution is 0.296. The minimum absolute atomic E-state index is 0.306. The predicted molar refractivity (Wildman–Crippen MR) is 81.8 cm³/mol. The molecule has 0 radical (unpaired) electrons. The molecule has 1 aromatic carbocycles. The molecule has 1 atom stereocenters. The van der Waals surface area contributed by atoms with Crippen molar-refractivity contribution >= 4 is 11.6 Å². The highest BCUT2D eigenvalue weighted by Gasteiger charge is 2.20. The molecular formula is C16H19ClN2O. The molecule has 3 nitrogen and oxygen atoms in total. The molecule has 0 aliphatic carbocycles. The van der Waals surface area contributed by atoms with Crippen molar-refractivity contribution in [3.8, 4) is 11.3 Å². The third kappa shape index (κ3) is 2.90. The summed E-state index contributed by atoms with van der Waals surface area (Å²) < 4.78 is 5.92.